The third kappa shape index (κ3) is 5.88. The fourth-order valence-corrected chi connectivity index (χ4v) is 4.52. The maximum Gasteiger partial charge on any atom is 0.192 e. The van der Waals surface area contributed by atoms with Gasteiger partial charge >= 0.3 is 0 Å². The molecule has 1 saturated heterocycles. The zero-order valence-electron chi connectivity index (χ0n) is 19.4. The van der Waals surface area contributed by atoms with E-state index in [2.05, 4.69) is 22.0 Å². The number of sulfone groups is 1. The third-order valence-corrected chi connectivity index (χ3v) is 6.84. The van der Waals surface area contributed by atoms with Crippen LogP contribution in [0.1, 0.15) is 5.56 Å². The molecule has 3 aromatic carbocycles. The van der Waals surface area contributed by atoms with Gasteiger partial charge in [0.1, 0.15) is 23.4 Å². The van der Waals surface area contributed by atoms with Crippen LogP contribution in [0.15, 0.2) is 102 Å². The van der Waals surface area contributed by atoms with Crippen LogP contribution in [0.4, 0.5) is 0 Å². The Kier molecular flexibility index (Phi) is 6.53. The fraction of sp³-hybridized carbons (Fsp3) is 0.179. The highest BCUT2D eigenvalue weighted by atomic mass is 32.2. The van der Waals surface area contributed by atoms with Gasteiger partial charge in [0.05, 0.1) is 0 Å². The molecule has 1 aromatic heterocycles. The number of para-hydroxylation sites is 1. The first-order valence-electron chi connectivity index (χ1n) is 11.4. The molecule has 7 heteroatoms. The van der Waals surface area contributed by atoms with Crippen molar-refractivity contribution in [1.82, 2.24) is 9.88 Å². The molecule has 178 valence electrons. The summed E-state index contributed by atoms with van der Waals surface area (Å²) in [5, 5.41) is 0.0761. The van der Waals surface area contributed by atoms with Crippen LogP contribution in [0, 0.1) is 0 Å². The molecule has 0 unspecified atom stereocenters. The SMILES string of the molecule is CS(=O)(=O)c1ccc(-c2ccc(OC3CN(Cc4ccc(Oc5ccccc5)cc4)C3)cc2)cn1. The smallest absolute Gasteiger partial charge is 0.192 e. The molecule has 0 radical (unpaired) electrons. The molecule has 0 N–H and O–H groups in total. The largest absolute Gasteiger partial charge is 0.488 e. The van der Waals surface area contributed by atoms with E-state index in [1.807, 2.05) is 66.7 Å². The van der Waals surface area contributed by atoms with Gasteiger partial charge in [0, 0.05) is 37.7 Å². The van der Waals surface area contributed by atoms with Crippen molar-refractivity contribution in [3.8, 4) is 28.4 Å². The second-order valence-electron chi connectivity index (χ2n) is 8.67. The molecule has 1 fully saturated rings. The molecular weight excluding hydrogens is 460 g/mol. The van der Waals surface area contributed by atoms with Gasteiger partial charge in [-0.1, -0.05) is 42.5 Å². The molecule has 0 amide bonds. The summed E-state index contributed by atoms with van der Waals surface area (Å²) in [6.45, 7) is 2.63. The molecule has 4 aromatic rings. The lowest BCUT2D eigenvalue weighted by Crippen LogP contribution is -2.53. The van der Waals surface area contributed by atoms with E-state index >= 15 is 0 Å². The maximum atomic E-state index is 11.6. The monoisotopic (exact) mass is 486 g/mol. The predicted octanol–water partition coefficient (Wildman–Crippen LogP) is 5.21. The van der Waals surface area contributed by atoms with Crippen molar-refractivity contribution in [1.29, 1.82) is 0 Å². The molecule has 1 aliphatic heterocycles. The van der Waals surface area contributed by atoms with Gasteiger partial charge in [-0.05, 0) is 59.7 Å². The van der Waals surface area contributed by atoms with Gasteiger partial charge in [-0.15, -0.1) is 0 Å². The Morgan fingerprint density at radius 2 is 1.43 bits per heavy atom. The van der Waals surface area contributed by atoms with Gasteiger partial charge < -0.3 is 9.47 Å². The van der Waals surface area contributed by atoms with Gasteiger partial charge in [-0.25, -0.2) is 13.4 Å². The van der Waals surface area contributed by atoms with Crippen LogP contribution in [-0.2, 0) is 16.4 Å². The average Bonchev–Trinajstić information content (AvgIpc) is 2.84. The zero-order valence-corrected chi connectivity index (χ0v) is 20.2. The van der Waals surface area contributed by atoms with E-state index in [9.17, 15) is 8.42 Å². The van der Waals surface area contributed by atoms with E-state index in [1.54, 1.807) is 12.3 Å². The molecule has 0 saturated carbocycles. The first-order valence-corrected chi connectivity index (χ1v) is 13.3. The Morgan fingerprint density at radius 1 is 0.800 bits per heavy atom. The second-order valence-corrected chi connectivity index (χ2v) is 10.6. The number of benzene rings is 3. The molecule has 0 aliphatic carbocycles. The summed E-state index contributed by atoms with van der Waals surface area (Å²) in [5.74, 6) is 2.48. The van der Waals surface area contributed by atoms with E-state index in [0.717, 1.165) is 54.3 Å². The summed E-state index contributed by atoms with van der Waals surface area (Å²) in [6.07, 6.45) is 2.90. The number of nitrogens with zero attached hydrogens (tertiary/aromatic N) is 2. The van der Waals surface area contributed by atoms with Gasteiger partial charge in [0.25, 0.3) is 0 Å². The summed E-state index contributed by atoms with van der Waals surface area (Å²) < 4.78 is 35.1. The zero-order chi connectivity index (χ0) is 24.3. The van der Waals surface area contributed by atoms with E-state index in [-0.39, 0.29) is 11.1 Å². The van der Waals surface area contributed by atoms with Crippen molar-refractivity contribution < 1.29 is 17.9 Å². The molecule has 6 nitrogen and oxygen atoms in total. The Morgan fingerprint density at radius 3 is 2.06 bits per heavy atom. The molecule has 5 rings (SSSR count). The van der Waals surface area contributed by atoms with Crippen molar-refractivity contribution in [3.05, 3.63) is 103 Å². The summed E-state index contributed by atoms with van der Waals surface area (Å²) in [7, 11) is -3.30. The number of likely N-dealkylation sites (tertiary alicyclic amines) is 1. The fourth-order valence-electron chi connectivity index (χ4n) is 3.96. The van der Waals surface area contributed by atoms with E-state index < -0.39 is 9.84 Å². The summed E-state index contributed by atoms with van der Waals surface area (Å²) in [5.41, 5.74) is 3.06. The highest BCUT2D eigenvalue weighted by Crippen LogP contribution is 2.26. The minimum Gasteiger partial charge on any atom is -0.488 e. The standard InChI is InChI=1S/C28H26N2O4S/c1-35(31,32)28-16-11-23(17-29-28)22-9-14-26(15-10-22)34-27-19-30(20-27)18-21-7-12-25(13-8-21)33-24-5-3-2-4-6-24/h2-17,27H,18-20H2,1H3. The van der Waals surface area contributed by atoms with E-state index in [0.29, 0.717) is 0 Å². The number of aromatic nitrogens is 1. The second kappa shape index (κ2) is 9.90. The lowest BCUT2D eigenvalue weighted by Gasteiger charge is -2.39. The minimum atomic E-state index is -3.30. The lowest BCUT2D eigenvalue weighted by atomic mass is 10.1. The van der Waals surface area contributed by atoms with Gasteiger partial charge in [-0.2, -0.15) is 0 Å². The van der Waals surface area contributed by atoms with Gasteiger partial charge in [0.2, 0.25) is 0 Å². The van der Waals surface area contributed by atoms with Crippen LogP contribution in [0.2, 0.25) is 0 Å². The van der Waals surface area contributed by atoms with Crippen LogP contribution >= 0.6 is 0 Å². The van der Waals surface area contributed by atoms with Crippen molar-refractivity contribution in [2.24, 2.45) is 0 Å². The quantitative estimate of drug-likeness (QED) is 0.341. The summed E-state index contributed by atoms with van der Waals surface area (Å²) in [6, 6.07) is 29.1. The molecule has 0 bridgehead atoms. The van der Waals surface area contributed by atoms with Crippen LogP contribution in [0.3, 0.4) is 0 Å². The van der Waals surface area contributed by atoms with Crippen molar-refractivity contribution in [2.45, 2.75) is 17.7 Å². The van der Waals surface area contributed by atoms with Crippen molar-refractivity contribution in [2.75, 3.05) is 19.3 Å². The number of hydrogen-bond acceptors (Lipinski definition) is 6. The van der Waals surface area contributed by atoms with Crippen molar-refractivity contribution >= 4 is 9.84 Å². The van der Waals surface area contributed by atoms with E-state index in [4.69, 9.17) is 9.47 Å². The average molecular weight is 487 g/mol. The normalized spacial score (nSPS) is 14.3. The Labute approximate surface area is 205 Å². The third-order valence-electron chi connectivity index (χ3n) is 5.84. The van der Waals surface area contributed by atoms with Crippen molar-refractivity contribution in [3.63, 3.8) is 0 Å². The molecular formula is C28H26N2O4S. The van der Waals surface area contributed by atoms with Gasteiger partial charge in [-0.3, -0.25) is 4.90 Å². The summed E-state index contributed by atoms with van der Waals surface area (Å²) in [4.78, 5) is 6.40. The highest BCUT2D eigenvalue weighted by molar-refractivity contribution is 7.90. The molecule has 1 aliphatic rings. The number of pyridine rings is 1. The predicted molar refractivity (Wildman–Crippen MR) is 135 cm³/mol. The van der Waals surface area contributed by atoms with Crippen LogP contribution in [-0.4, -0.2) is 43.8 Å². The van der Waals surface area contributed by atoms with E-state index in [1.165, 1.54) is 11.6 Å². The molecule has 0 atom stereocenters. The lowest BCUT2D eigenvalue weighted by molar-refractivity contribution is 0.0146. The highest BCUT2D eigenvalue weighted by Gasteiger charge is 2.28. The maximum absolute atomic E-state index is 11.6. The first-order chi connectivity index (χ1) is 16.9. The number of rotatable bonds is 8. The molecule has 35 heavy (non-hydrogen) atoms. The Bertz CT molecular complexity index is 1370. The van der Waals surface area contributed by atoms with Crippen LogP contribution < -0.4 is 9.47 Å². The number of ether oxygens (including phenoxy) is 2. The topological polar surface area (TPSA) is 68.7 Å². The Balaban J connectivity index is 1.09. The number of hydrogen-bond donors (Lipinski definition) is 0. The minimum absolute atomic E-state index is 0.0761. The van der Waals surface area contributed by atoms with Crippen LogP contribution in [0.25, 0.3) is 11.1 Å². The first kappa shape index (κ1) is 23.1. The molecule has 2 heterocycles. The van der Waals surface area contributed by atoms with Crippen LogP contribution in [0.5, 0.6) is 17.2 Å². The summed E-state index contributed by atoms with van der Waals surface area (Å²) >= 11 is 0. The molecule has 0 spiro atoms. The van der Waals surface area contributed by atoms with Gasteiger partial charge in [0.15, 0.2) is 14.9 Å². The Hall–Kier alpha value is -3.68.